The number of pyridine rings is 1. The van der Waals surface area contributed by atoms with Crippen molar-refractivity contribution in [3.8, 4) is 0 Å². The van der Waals surface area contributed by atoms with Crippen molar-refractivity contribution in [1.29, 1.82) is 0 Å². The number of carbonyl (C=O) groups excluding carboxylic acids is 1. The fraction of sp³-hybridized carbons (Fsp3) is 0. The largest absolute Gasteiger partial charge is 0.478 e. The summed E-state index contributed by atoms with van der Waals surface area (Å²) in [6.45, 7) is 0. The SMILES string of the molecule is O=C(Nc1cccc(F)c1C(=O)O)c1nc(Cl)ccc1Cl. The maximum absolute atomic E-state index is 13.5. The number of carbonyl (C=O) groups is 2. The summed E-state index contributed by atoms with van der Waals surface area (Å²) in [6, 6.07) is 6.26. The van der Waals surface area contributed by atoms with E-state index in [2.05, 4.69) is 10.3 Å². The number of benzene rings is 1. The topological polar surface area (TPSA) is 79.3 Å². The first-order chi connectivity index (χ1) is 9.90. The summed E-state index contributed by atoms with van der Waals surface area (Å²) < 4.78 is 13.5. The average molecular weight is 329 g/mol. The molecule has 0 aliphatic heterocycles. The van der Waals surface area contributed by atoms with Crippen LogP contribution in [0.1, 0.15) is 20.8 Å². The highest BCUT2D eigenvalue weighted by atomic mass is 35.5. The number of halogens is 3. The maximum Gasteiger partial charge on any atom is 0.340 e. The Kier molecular flexibility index (Phi) is 4.40. The van der Waals surface area contributed by atoms with E-state index in [-0.39, 0.29) is 21.6 Å². The van der Waals surface area contributed by atoms with Gasteiger partial charge in [0.15, 0.2) is 0 Å². The zero-order valence-electron chi connectivity index (χ0n) is 10.2. The van der Waals surface area contributed by atoms with Crippen LogP contribution in [0.25, 0.3) is 0 Å². The number of carboxylic acid groups (broad SMARTS) is 1. The molecule has 0 unspecified atom stereocenters. The van der Waals surface area contributed by atoms with Crippen molar-refractivity contribution in [2.24, 2.45) is 0 Å². The van der Waals surface area contributed by atoms with E-state index in [1.807, 2.05) is 0 Å². The van der Waals surface area contributed by atoms with E-state index < -0.39 is 23.3 Å². The molecule has 2 aromatic rings. The van der Waals surface area contributed by atoms with E-state index in [4.69, 9.17) is 28.3 Å². The van der Waals surface area contributed by atoms with Crippen LogP contribution in [0.5, 0.6) is 0 Å². The number of anilines is 1. The third kappa shape index (κ3) is 3.29. The third-order valence-corrected chi connectivity index (χ3v) is 3.02. The van der Waals surface area contributed by atoms with Crippen molar-refractivity contribution >= 4 is 40.8 Å². The Hall–Kier alpha value is -2.18. The van der Waals surface area contributed by atoms with Gasteiger partial charge in [0, 0.05) is 0 Å². The smallest absolute Gasteiger partial charge is 0.340 e. The molecule has 21 heavy (non-hydrogen) atoms. The number of rotatable bonds is 3. The standard InChI is InChI=1S/C13H7Cl2FN2O3/c14-6-4-5-9(15)18-11(6)12(19)17-8-3-1-2-7(16)10(8)13(20)21/h1-5H,(H,17,19)(H,20,21). The lowest BCUT2D eigenvalue weighted by molar-refractivity contribution is 0.0693. The molecule has 5 nitrogen and oxygen atoms in total. The van der Waals surface area contributed by atoms with Gasteiger partial charge in [0.25, 0.3) is 5.91 Å². The summed E-state index contributed by atoms with van der Waals surface area (Å²) in [5.41, 5.74) is -1.04. The Morgan fingerprint density at radius 2 is 1.90 bits per heavy atom. The Labute approximate surface area is 128 Å². The average Bonchev–Trinajstić information content (AvgIpc) is 2.41. The predicted molar refractivity (Wildman–Crippen MR) is 75.6 cm³/mol. The van der Waals surface area contributed by atoms with E-state index >= 15 is 0 Å². The first-order valence-corrected chi connectivity index (χ1v) is 6.31. The fourth-order valence-electron chi connectivity index (χ4n) is 1.60. The number of aromatic nitrogens is 1. The molecule has 0 saturated carbocycles. The van der Waals surface area contributed by atoms with Crippen LogP contribution >= 0.6 is 23.2 Å². The molecule has 2 N–H and O–H groups in total. The van der Waals surface area contributed by atoms with E-state index in [1.165, 1.54) is 24.3 Å². The Bertz CT molecular complexity index is 737. The second-order valence-electron chi connectivity index (χ2n) is 3.89. The quantitative estimate of drug-likeness (QED) is 0.845. The molecule has 0 aliphatic rings. The highest BCUT2D eigenvalue weighted by molar-refractivity contribution is 6.35. The van der Waals surface area contributed by atoms with Gasteiger partial charge in [0.2, 0.25) is 0 Å². The minimum absolute atomic E-state index is 0.0326. The highest BCUT2D eigenvalue weighted by Crippen LogP contribution is 2.22. The number of nitrogens with zero attached hydrogens (tertiary/aromatic N) is 1. The second-order valence-corrected chi connectivity index (χ2v) is 4.68. The van der Waals surface area contributed by atoms with Crippen molar-refractivity contribution in [2.45, 2.75) is 0 Å². The Balaban J connectivity index is 2.39. The van der Waals surface area contributed by atoms with E-state index in [0.29, 0.717) is 0 Å². The van der Waals surface area contributed by atoms with Gasteiger partial charge in [-0.1, -0.05) is 29.3 Å². The first kappa shape index (κ1) is 15.2. The summed E-state index contributed by atoms with van der Waals surface area (Å²) in [5.74, 6) is -3.27. The monoisotopic (exact) mass is 328 g/mol. The van der Waals surface area contributed by atoms with Gasteiger partial charge < -0.3 is 10.4 Å². The van der Waals surface area contributed by atoms with Crippen molar-refractivity contribution in [2.75, 3.05) is 5.32 Å². The predicted octanol–water partition coefficient (Wildman–Crippen LogP) is 3.48. The molecule has 0 spiro atoms. The molecule has 2 rings (SSSR count). The van der Waals surface area contributed by atoms with Gasteiger partial charge in [-0.15, -0.1) is 0 Å². The van der Waals surface area contributed by atoms with Gasteiger partial charge in [-0.2, -0.15) is 0 Å². The van der Waals surface area contributed by atoms with Gasteiger partial charge in [0.1, 0.15) is 22.2 Å². The van der Waals surface area contributed by atoms with Crippen LogP contribution in [0.2, 0.25) is 10.2 Å². The van der Waals surface area contributed by atoms with Crippen molar-refractivity contribution in [1.82, 2.24) is 4.98 Å². The van der Waals surface area contributed by atoms with Gasteiger partial charge in [-0.05, 0) is 24.3 Å². The van der Waals surface area contributed by atoms with Gasteiger partial charge in [-0.3, -0.25) is 4.79 Å². The first-order valence-electron chi connectivity index (χ1n) is 5.55. The fourth-order valence-corrected chi connectivity index (χ4v) is 1.94. The molecule has 1 aromatic heterocycles. The zero-order chi connectivity index (χ0) is 15.6. The third-order valence-electron chi connectivity index (χ3n) is 2.50. The number of carboxylic acids is 1. The Morgan fingerprint density at radius 1 is 1.19 bits per heavy atom. The molecule has 0 radical (unpaired) electrons. The molecular formula is C13H7Cl2FN2O3. The molecular weight excluding hydrogens is 322 g/mol. The summed E-state index contributed by atoms with van der Waals surface area (Å²) in [6.07, 6.45) is 0. The van der Waals surface area contributed by atoms with E-state index in [1.54, 1.807) is 0 Å². The van der Waals surface area contributed by atoms with Crippen molar-refractivity contribution in [3.63, 3.8) is 0 Å². The van der Waals surface area contributed by atoms with E-state index in [0.717, 1.165) is 6.07 Å². The highest BCUT2D eigenvalue weighted by Gasteiger charge is 2.19. The van der Waals surface area contributed by atoms with Gasteiger partial charge >= 0.3 is 5.97 Å². The van der Waals surface area contributed by atoms with Crippen LogP contribution in [0, 0.1) is 5.82 Å². The lowest BCUT2D eigenvalue weighted by Gasteiger charge is -2.09. The molecule has 108 valence electrons. The van der Waals surface area contributed by atoms with Crippen LogP contribution in [-0.2, 0) is 0 Å². The second kappa shape index (κ2) is 6.07. The molecule has 8 heteroatoms. The van der Waals surface area contributed by atoms with Crippen LogP contribution in [0.15, 0.2) is 30.3 Å². The molecule has 0 atom stereocenters. The summed E-state index contributed by atoms with van der Waals surface area (Å²) >= 11 is 11.5. The molecule has 0 bridgehead atoms. The Morgan fingerprint density at radius 3 is 2.57 bits per heavy atom. The summed E-state index contributed by atoms with van der Waals surface area (Å²) in [7, 11) is 0. The maximum atomic E-state index is 13.5. The van der Waals surface area contributed by atoms with Crippen LogP contribution < -0.4 is 5.32 Å². The normalized spacial score (nSPS) is 10.2. The minimum Gasteiger partial charge on any atom is -0.478 e. The molecule has 0 saturated heterocycles. The number of aromatic carboxylic acids is 1. The van der Waals surface area contributed by atoms with Crippen LogP contribution in [0.4, 0.5) is 10.1 Å². The lowest BCUT2D eigenvalue weighted by atomic mass is 10.1. The lowest BCUT2D eigenvalue weighted by Crippen LogP contribution is -2.17. The van der Waals surface area contributed by atoms with Gasteiger partial charge in [0.05, 0.1) is 10.7 Å². The summed E-state index contributed by atoms with van der Waals surface area (Å²) in [5, 5.41) is 11.3. The van der Waals surface area contributed by atoms with Gasteiger partial charge in [-0.25, -0.2) is 14.2 Å². The summed E-state index contributed by atoms with van der Waals surface area (Å²) in [4.78, 5) is 26.8. The van der Waals surface area contributed by atoms with Crippen molar-refractivity contribution < 1.29 is 19.1 Å². The molecule has 1 aromatic carbocycles. The molecule has 0 aliphatic carbocycles. The van der Waals surface area contributed by atoms with Crippen LogP contribution in [0.3, 0.4) is 0 Å². The minimum atomic E-state index is -1.51. The molecule has 1 heterocycles. The van der Waals surface area contributed by atoms with Crippen molar-refractivity contribution in [3.05, 3.63) is 57.6 Å². The number of amides is 1. The number of hydrogen-bond acceptors (Lipinski definition) is 3. The number of hydrogen-bond donors (Lipinski definition) is 2. The zero-order valence-corrected chi connectivity index (χ0v) is 11.7. The molecule has 0 fully saturated rings. The van der Waals surface area contributed by atoms with E-state index in [9.17, 15) is 14.0 Å². The molecule has 1 amide bonds. The van der Waals surface area contributed by atoms with Crippen LogP contribution in [-0.4, -0.2) is 22.0 Å². The number of nitrogens with one attached hydrogen (secondary N) is 1.